The van der Waals surface area contributed by atoms with Gasteiger partial charge in [-0.3, -0.25) is 10.1 Å². The molecular formula is C21H28N2O. The Bertz CT molecular complexity index is 605. The van der Waals surface area contributed by atoms with Crippen LogP contribution in [0.25, 0.3) is 0 Å². The molecule has 6 rings (SSSR count). The number of nitrogens with zero attached hydrogens (tertiary/aromatic N) is 1. The van der Waals surface area contributed by atoms with Gasteiger partial charge in [-0.05, 0) is 68.3 Å². The van der Waals surface area contributed by atoms with Crippen LogP contribution in [0.4, 0.5) is 0 Å². The Morgan fingerprint density at radius 3 is 2.21 bits per heavy atom. The minimum Gasteiger partial charge on any atom is -0.328 e. The van der Waals surface area contributed by atoms with E-state index in [1.165, 1.54) is 44.1 Å². The van der Waals surface area contributed by atoms with E-state index in [-0.39, 0.29) is 12.2 Å². The van der Waals surface area contributed by atoms with Crippen LogP contribution in [-0.4, -0.2) is 30.1 Å². The standard InChI is InChI=1S/C21H28N2O/c1-23-19(24)18(10-14-5-3-2-4-6-14)22-20(23)21-11-15-7-16(12-21)9-17(8-15)13-21/h2-6,15-18,20,22H,7-13H2,1H3/t15?,16?,17?,18-,20?,21?/m0/s1. The lowest BCUT2D eigenvalue weighted by atomic mass is 9.48. The Hall–Kier alpha value is -1.35. The van der Waals surface area contributed by atoms with Crippen molar-refractivity contribution < 1.29 is 4.79 Å². The van der Waals surface area contributed by atoms with Crippen LogP contribution in [0.1, 0.15) is 44.1 Å². The first-order chi connectivity index (χ1) is 11.6. The largest absolute Gasteiger partial charge is 0.328 e. The summed E-state index contributed by atoms with van der Waals surface area (Å²) in [5.74, 6) is 3.07. The van der Waals surface area contributed by atoms with Crippen LogP contribution >= 0.6 is 0 Å². The second-order valence-corrected chi connectivity index (χ2v) is 9.04. The summed E-state index contributed by atoms with van der Waals surface area (Å²) < 4.78 is 0. The van der Waals surface area contributed by atoms with E-state index >= 15 is 0 Å². The zero-order valence-corrected chi connectivity index (χ0v) is 14.6. The molecule has 4 bridgehead atoms. The van der Waals surface area contributed by atoms with Gasteiger partial charge in [0.1, 0.15) is 0 Å². The molecule has 5 aliphatic rings. The number of hydrogen-bond acceptors (Lipinski definition) is 2. The maximum absolute atomic E-state index is 12.9. The van der Waals surface area contributed by atoms with Gasteiger partial charge in [-0.15, -0.1) is 0 Å². The van der Waals surface area contributed by atoms with Crippen LogP contribution in [0, 0.1) is 23.2 Å². The SMILES string of the molecule is CN1C(=O)[C@H](Cc2ccccc2)NC1C12CC3CC(CC(C3)C1)C2. The van der Waals surface area contributed by atoms with Gasteiger partial charge in [0.15, 0.2) is 0 Å². The molecule has 4 saturated carbocycles. The highest BCUT2D eigenvalue weighted by atomic mass is 16.2. The molecule has 0 radical (unpaired) electrons. The molecule has 3 nitrogen and oxygen atoms in total. The fraction of sp³-hybridized carbons (Fsp3) is 0.667. The van der Waals surface area contributed by atoms with E-state index in [9.17, 15) is 4.79 Å². The third kappa shape index (κ3) is 2.24. The summed E-state index contributed by atoms with van der Waals surface area (Å²) >= 11 is 0. The molecule has 2 atom stereocenters. The smallest absolute Gasteiger partial charge is 0.241 e. The van der Waals surface area contributed by atoms with Gasteiger partial charge in [0.25, 0.3) is 0 Å². The maximum Gasteiger partial charge on any atom is 0.241 e. The summed E-state index contributed by atoms with van der Waals surface area (Å²) in [5, 5.41) is 3.77. The Kier molecular flexibility index (Phi) is 3.31. The lowest BCUT2D eigenvalue weighted by Gasteiger charge is -2.59. The molecule has 1 saturated heterocycles. The highest BCUT2D eigenvalue weighted by Crippen LogP contribution is 2.62. The molecule has 1 heterocycles. The summed E-state index contributed by atoms with van der Waals surface area (Å²) in [5.41, 5.74) is 1.60. The molecule has 4 aliphatic carbocycles. The molecule has 1 aromatic carbocycles. The third-order valence-electron chi connectivity index (χ3n) is 7.34. The van der Waals surface area contributed by atoms with Crippen molar-refractivity contribution in [3.05, 3.63) is 35.9 Å². The summed E-state index contributed by atoms with van der Waals surface area (Å²) in [6.45, 7) is 0. The quantitative estimate of drug-likeness (QED) is 0.926. The topological polar surface area (TPSA) is 32.3 Å². The minimum absolute atomic E-state index is 0.0459. The predicted octanol–water partition coefficient (Wildman–Crippen LogP) is 3.20. The van der Waals surface area contributed by atoms with E-state index in [0.29, 0.717) is 11.3 Å². The average molecular weight is 324 g/mol. The average Bonchev–Trinajstić information content (AvgIpc) is 2.84. The summed E-state index contributed by atoms with van der Waals surface area (Å²) in [6.07, 6.45) is 9.45. The van der Waals surface area contributed by atoms with Crippen molar-refractivity contribution in [3.63, 3.8) is 0 Å². The van der Waals surface area contributed by atoms with Crippen LogP contribution in [0.2, 0.25) is 0 Å². The first-order valence-electron chi connectivity index (χ1n) is 9.70. The molecule has 1 aliphatic heterocycles. The molecule has 0 spiro atoms. The van der Waals surface area contributed by atoms with Crippen molar-refractivity contribution in [2.45, 2.75) is 57.2 Å². The molecule has 24 heavy (non-hydrogen) atoms. The van der Waals surface area contributed by atoms with E-state index in [1.54, 1.807) is 0 Å². The number of rotatable bonds is 3. The van der Waals surface area contributed by atoms with Gasteiger partial charge in [-0.1, -0.05) is 30.3 Å². The fourth-order valence-corrected chi connectivity index (χ4v) is 6.84. The van der Waals surface area contributed by atoms with E-state index in [0.717, 1.165) is 24.2 Å². The monoisotopic (exact) mass is 324 g/mol. The maximum atomic E-state index is 12.9. The van der Waals surface area contributed by atoms with Gasteiger partial charge < -0.3 is 4.90 Å². The normalized spacial score (nSPS) is 43.6. The predicted molar refractivity (Wildman–Crippen MR) is 94.2 cm³/mol. The highest BCUT2D eigenvalue weighted by molar-refractivity contribution is 5.84. The van der Waals surface area contributed by atoms with Gasteiger partial charge in [-0.2, -0.15) is 0 Å². The molecule has 1 amide bonds. The Morgan fingerprint density at radius 1 is 1.04 bits per heavy atom. The van der Waals surface area contributed by atoms with Crippen molar-refractivity contribution in [3.8, 4) is 0 Å². The lowest BCUT2D eigenvalue weighted by Crippen LogP contribution is -2.58. The molecule has 3 heteroatoms. The van der Waals surface area contributed by atoms with Crippen molar-refractivity contribution in [1.82, 2.24) is 10.2 Å². The number of nitrogens with one attached hydrogen (secondary N) is 1. The number of benzene rings is 1. The van der Waals surface area contributed by atoms with Gasteiger partial charge in [0.2, 0.25) is 5.91 Å². The zero-order chi connectivity index (χ0) is 16.3. The number of hydrogen-bond donors (Lipinski definition) is 1. The van der Waals surface area contributed by atoms with Crippen LogP contribution in [0.3, 0.4) is 0 Å². The van der Waals surface area contributed by atoms with E-state index < -0.39 is 0 Å². The molecule has 1 aromatic rings. The van der Waals surface area contributed by atoms with Crippen molar-refractivity contribution in [1.29, 1.82) is 0 Å². The molecular weight excluding hydrogens is 296 g/mol. The van der Waals surface area contributed by atoms with Crippen LogP contribution < -0.4 is 5.32 Å². The van der Waals surface area contributed by atoms with Crippen molar-refractivity contribution in [2.24, 2.45) is 23.2 Å². The van der Waals surface area contributed by atoms with E-state index in [4.69, 9.17) is 0 Å². The molecule has 1 unspecified atom stereocenters. The van der Waals surface area contributed by atoms with Gasteiger partial charge in [0.05, 0.1) is 12.2 Å². The minimum atomic E-state index is -0.0459. The first-order valence-corrected chi connectivity index (χ1v) is 9.70. The Morgan fingerprint density at radius 2 is 1.62 bits per heavy atom. The van der Waals surface area contributed by atoms with Crippen LogP contribution in [0.15, 0.2) is 30.3 Å². The summed E-state index contributed by atoms with van der Waals surface area (Å²) in [4.78, 5) is 14.9. The van der Waals surface area contributed by atoms with E-state index in [2.05, 4.69) is 34.5 Å². The van der Waals surface area contributed by atoms with Gasteiger partial charge >= 0.3 is 0 Å². The Balaban J connectivity index is 1.38. The van der Waals surface area contributed by atoms with Crippen molar-refractivity contribution >= 4 is 5.91 Å². The van der Waals surface area contributed by atoms with Crippen LogP contribution in [-0.2, 0) is 11.2 Å². The second kappa shape index (κ2) is 5.32. The van der Waals surface area contributed by atoms with Gasteiger partial charge in [0, 0.05) is 12.5 Å². The highest BCUT2D eigenvalue weighted by Gasteiger charge is 2.58. The molecule has 128 valence electrons. The molecule has 1 N–H and O–H groups in total. The third-order valence-corrected chi connectivity index (χ3v) is 7.34. The molecule has 5 fully saturated rings. The lowest BCUT2D eigenvalue weighted by molar-refractivity contribution is -0.135. The number of carbonyl (C=O) groups is 1. The summed E-state index contributed by atoms with van der Waals surface area (Å²) in [7, 11) is 2.03. The molecule has 0 aromatic heterocycles. The zero-order valence-electron chi connectivity index (χ0n) is 14.6. The fourth-order valence-electron chi connectivity index (χ4n) is 6.84. The van der Waals surface area contributed by atoms with E-state index in [1.807, 2.05) is 13.1 Å². The van der Waals surface area contributed by atoms with Crippen molar-refractivity contribution in [2.75, 3.05) is 7.05 Å². The second-order valence-electron chi connectivity index (χ2n) is 9.04. The number of likely N-dealkylation sites (N-methyl/N-ethyl adjacent to an activating group) is 1. The first kappa shape index (κ1) is 14.9. The van der Waals surface area contributed by atoms with Crippen LogP contribution in [0.5, 0.6) is 0 Å². The van der Waals surface area contributed by atoms with Gasteiger partial charge in [-0.25, -0.2) is 0 Å². The Labute approximate surface area is 144 Å². The number of carbonyl (C=O) groups excluding carboxylic acids is 1. The number of amides is 1. The summed E-state index contributed by atoms with van der Waals surface area (Å²) in [6, 6.07) is 10.4.